The first-order valence-electron chi connectivity index (χ1n) is 12.4. The topological polar surface area (TPSA) is 49.8 Å². The molecule has 0 bridgehead atoms. The molecule has 0 aromatic rings. The van der Waals surface area contributed by atoms with Gasteiger partial charge in [-0.3, -0.25) is 4.79 Å². The maximum absolute atomic E-state index is 12.2. The number of aliphatic hydroxyl groups is 1. The van der Waals surface area contributed by atoms with Crippen molar-refractivity contribution in [3.63, 3.8) is 0 Å². The highest BCUT2D eigenvalue weighted by Gasteiger charge is 2.66. The Morgan fingerprint density at radius 3 is 2.73 bits per heavy atom. The molecule has 0 spiro atoms. The van der Waals surface area contributed by atoms with E-state index in [1.807, 2.05) is 19.9 Å². The van der Waals surface area contributed by atoms with Crippen LogP contribution in [0.25, 0.3) is 0 Å². The summed E-state index contributed by atoms with van der Waals surface area (Å²) in [4.78, 5) is 12.2. The summed E-state index contributed by atoms with van der Waals surface area (Å²) in [6.07, 6.45) is 15.1. The van der Waals surface area contributed by atoms with E-state index in [1.165, 1.54) is 37.7 Å². The maximum Gasteiger partial charge on any atom is 0.187 e. The SMILES string of the molecule is C[C@H](CCCC(C)(C)O)[C@H]1CC[C@H]2C3C=CC4=CC(=O)[C@@H]5O[C@@H]5[C@]4(C)C3CC[C@]12C. The molecular weight excluding hydrogens is 372 g/mol. The fraction of sp³-hybridized carbons (Fsp3) is 0.815. The van der Waals surface area contributed by atoms with E-state index in [9.17, 15) is 9.90 Å². The molecule has 1 aliphatic heterocycles. The zero-order valence-corrected chi connectivity index (χ0v) is 19.5. The zero-order chi connectivity index (χ0) is 21.5. The summed E-state index contributed by atoms with van der Waals surface area (Å²) < 4.78 is 5.92. The lowest BCUT2D eigenvalue weighted by Gasteiger charge is -2.56. The molecule has 0 amide bonds. The predicted octanol–water partition coefficient (Wildman–Crippen LogP) is 5.48. The number of epoxide rings is 1. The van der Waals surface area contributed by atoms with Crippen molar-refractivity contribution in [3.05, 3.63) is 23.8 Å². The summed E-state index contributed by atoms with van der Waals surface area (Å²) in [5, 5.41) is 10.1. The van der Waals surface area contributed by atoms with E-state index >= 15 is 0 Å². The van der Waals surface area contributed by atoms with Gasteiger partial charge in [0.15, 0.2) is 5.78 Å². The van der Waals surface area contributed by atoms with Crippen LogP contribution in [0.4, 0.5) is 0 Å². The Labute approximate surface area is 182 Å². The van der Waals surface area contributed by atoms with E-state index in [0.29, 0.717) is 17.3 Å². The van der Waals surface area contributed by atoms with Crippen LogP contribution in [-0.2, 0) is 9.53 Å². The van der Waals surface area contributed by atoms with Gasteiger partial charge < -0.3 is 9.84 Å². The van der Waals surface area contributed by atoms with Crippen LogP contribution >= 0.6 is 0 Å². The van der Waals surface area contributed by atoms with Crippen LogP contribution in [0.1, 0.15) is 79.6 Å². The van der Waals surface area contributed by atoms with Crippen molar-refractivity contribution < 1.29 is 14.6 Å². The third-order valence-electron chi connectivity index (χ3n) is 10.1. The van der Waals surface area contributed by atoms with Crippen molar-refractivity contribution in [2.24, 2.45) is 40.4 Å². The van der Waals surface area contributed by atoms with Crippen LogP contribution in [0.5, 0.6) is 0 Å². The molecule has 2 unspecified atom stereocenters. The Kier molecular flexibility index (Phi) is 4.74. The fourth-order valence-corrected chi connectivity index (χ4v) is 8.40. The van der Waals surface area contributed by atoms with Gasteiger partial charge in [-0.2, -0.15) is 0 Å². The molecule has 1 N–H and O–H groups in total. The number of rotatable bonds is 5. The van der Waals surface area contributed by atoms with Crippen molar-refractivity contribution in [2.45, 2.75) is 97.4 Å². The van der Waals surface area contributed by atoms with Crippen LogP contribution in [-0.4, -0.2) is 28.7 Å². The molecule has 0 radical (unpaired) electrons. The van der Waals surface area contributed by atoms with Crippen molar-refractivity contribution in [1.29, 1.82) is 0 Å². The molecule has 4 aliphatic carbocycles. The van der Waals surface area contributed by atoms with E-state index in [1.54, 1.807) is 0 Å². The molecule has 5 aliphatic rings. The smallest absolute Gasteiger partial charge is 0.187 e. The standard InChI is InChI=1S/C27H40O3/c1-16(7-6-13-25(2,3)29)19-10-11-20-18-9-8-17-15-22(28)23-24(30-23)27(17,5)21(18)12-14-26(19,20)4/h8-9,15-16,18-21,23-24,29H,6-7,10-14H2,1-5H3/t16-,18?,19-,20+,21?,23+,24+,26-,27+/m1/s1. The molecule has 2 saturated carbocycles. The number of ketones is 1. The second-order valence-corrected chi connectivity index (χ2v) is 12.3. The van der Waals surface area contributed by atoms with Crippen LogP contribution in [0.2, 0.25) is 0 Å². The number of fused-ring (bicyclic) bond motifs is 7. The van der Waals surface area contributed by atoms with E-state index < -0.39 is 5.60 Å². The molecule has 3 fully saturated rings. The Morgan fingerprint density at radius 2 is 2.00 bits per heavy atom. The molecule has 1 saturated heterocycles. The van der Waals surface area contributed by atoms with Gasteiger partial charge in [0.1, 0.15) is 12.2 Å². The van der Waals surface area contributed by atoms with E-state index in [2.05, 4.69) is 32.9 Å². The monoisotopic (exact) mass is 412 g/mol. The fourth-order valence-electron chi connectivity index (χ4n) is 8.40. The lowest BCUT2D eigenvalue weighted by molar-refractivity contribution is -0.116. The number of hydrogen-bond donors (Lipinski definition) is 1. The van der Waals surface area contributed by atoms with Gasteiger partial charge in [-0.25, -0.2) is 0 Å². The van der Waals surface area contributed by atoms with Gasteiger partial charge in [0.2, 0.25) is 0 Å². The molecule has 1 heterocycles. The number of hydrogen-bond acceptors (Lipinski definition) is 3. The number of allylic oxidation sites excluding steroid dienone is 2. The van der Waals surface area contributed by atoms with Gasteiger partial charge >= 0.3 is 0 Å². The largest absolute Gasteiger partial charge is 0.390 e. The molecule has 5 rings (SSSR count). The predicted molar refractivity (Wildman–Crippen MR) is 119 cm³/mol. The average molecular weight is 413 g/mol. The first-order chi connectivity index (χ1) is 14.1. The second kappa shape index (κ2) is 6.78. The van der Waals surface area contributed by atoms with Crippen LogP contribution in [0.3, 0.4) is 0 Å². The molecule has 0 aromatic heterocycles. The van der Waals surface area contributed by atoms with E-state index in [0.717, 1.165) is 30.6 Å². The summed E-state index contributed by atoms with van der Waals surface area (Å²) in [7, 11) is 0. The highest BCUT2D eigenvalue weighted by atomic mass is 16.6. The number of carbonyl (C=O) groups excluding carboxylic acids is 1. The molecule has 9 atom stereocenters. The Hall–Kier alpha value is -0.930. The summed E-state index contributed by atoms with van der Waals surface area (Å²) in [6.45, 7) is 11.3. The van der Waals surface area contributed by atoms with Crippen molar-refractivity contribution >= 4 is 5.78 Å². The maximum atomic E-state index is 12.2. The van der Waals surface area contributed by atoms with Crippen LogP contribution in [0.15, 0.2) is 23.8 Å². The minimum Gasteiger partial charge on any atom is -0.390 e. The van der Waals surface area contributed by atoms with Crippen molar-refractivity contribution in [2.75, 3.05) is 0 Å². The molecule has 166 valence electrons. The van der Waals surface area contributed by atoms with Gasteiger partial charge in [-0.05, 0) is 92.6 Å². The normalized spacial score (nSPS) is 47.7. The highest BCUT2D eigenvalue weighted by Crippen LogP contribution is 2.68. The number of ether oxygens (including phenoxy) is 1. The van der Waals surface area contributed by atoms with Crippen LogP contribution in [0, 0.1) is 40.4 Å². The van der Waals surface area contributed by atoms with Gasteiger partial charge in [-0.1, -0.05) is 45.8 Å². The van der Waals surface area contributed by atoms with Crippen LogP contribution < -0.4 is 0 Å². The summed E-state index contributed by atoms with van der Waals surface area (Å²) in [6, 6.07) is 0. The summed E-state index contributed by atoms with van der Waals surface area (Å²) in [5.74, 6) is 3.68. The Balaban J connectivity index is 1.35. The number of carbonyl (C=O) groups is 1. The van der Waals surface area contributed by atoms with Gasteiger partial charge in [0, 0.05) is 5.41 Å². The van der Waals surface area contributed by atoms with E-state index in [4.69, 9.17) is 4.74 Å². The average Bonchev–Trinajstić information content (AvgIpc) is 3.39. The summed E-state index contributed by atoms with van der Waals surface area (Å²) >= 11 is 0. The van der Waals surface area contributed by atoms with Crippen molar-refractivity contribution in [1.82, 2.24) is 0 Å². The lowest BCUT2D eigenvalue weighted by Crippen LogP contribution is -2.51. The Morgan fingerprint density at radius 1 is 1.23 bits per heavy atom. The van der Waals surface area contributed by atoms with Gasteiger partial charge in [0.25, 0.3) is 0 Å². The summed E-state index contributed by atoms with van der Waals surface area (Å²) in [5.41, 5.74) is 1.13. The lowest BCUT2D eigenvalue weighted by atomic mass is 9.48. The molecule has 30 heavy (non-hydrogen) atoms. The van der Waals surface area contributed by atoms with Crippen molar-refractivity contribution in [3.8, 4) is 0 Å². The highest BCUT2D eigenvalue weighted by molar-refractivity contribution is 5.98. The Bertz CT molecular complexity index is 788. The molecular formula is C27H40O3. The zero-order valence-electron chi connectivity index (χ0n) is 19.5. The van der Waals surface area contributed by atoms with Gasteiger partial charge in [0.05, 0.1) is 5.60 Å². The third kappa shape index (κ3) is 3.02. The first-order valence-corrected chi connectivity index (χ1v) is 12.4. The third-order valence-corrected chi connectivity index (χ3v) is 10.1. The molecule has 3 nitrogen and oxygen atoms in total. The van der Waals surface area contributed by atoms with E-state index in [-0.39, 0.29) is 23.4 Å². The molecule has 3 heteroatoms. The second-order valence-electron chi connectivity index (χ2n) is 12.3. The molecule has 0 aromatic carbocycles. The van der Waals surface area contributed by atoms with Gasteiger partial charge in [-0.15, -0.1) is 0 Å². The minimum absolute atomic E-state index is 0.0235. The minimum atomic E-state index is -0.544. The quantitative estimate of drug-likeness (QED) is 0.609. The first kappa shape index (κ1) is 20.9.